The van der Waals surface area contributed by atoms with Crippen molar-refractivity contribution in [3.63, 3.8) is 0 Å². The van der Waals surface area contributed by atoms with Crippen LogP contribution >= 0.6 is 0 Å². The van der Waals surface area contributed by atoms with Crippen LogP contribution in [0.1, 0.15) is 52.8 Å². The van der Waals surface area contributed by atoms with Gasteiger partial charge in [-0.2, -0.15) is 0 Å². The maximum absolute atomic E-state index is 12.3. The second kappa shape index (κ2) is 8.57. The lowest BCUT2D eigenvalue weighted by molar-refractivity contribution is 0.0286. The highest BCUT2D eigenvalue weighted by Crippen LogP contribution is 2.24. The van der Waals surface area contributed by atoms with E-state index < -0.39 is 17.3 Å². The molecule has 1 fully saturated rings. The van der Waals surface area contributed by atoms with Crippen molar-refractivity contribution in [3.8, 4) is 0 Å². The monoisotopic (exact) mass is 406 g/mol. The molecule has 8 heteroatoms. The number of aromatic nitrogens is 1. The maximum atomic E-state index is 12.3. The summed E-state index contributed by atoms with van der Waals surface area (Å²) < 4.78 is 10.7. The van der Waals surface area contributed by atoms with E-state index >= 15 is 0 Å². The fourth-order valence-electron chi connectivity index (χ4n) is 3.22. The first-order chi connectivity index (χ1) is 13.2. The van der Waals surface area contributed by atoms with Crippen molar-refractivity contribution in [1.29, 1.82) is 0 Å². The zero-order chi connectivity index (χ0) is 22.0. The largest absolute Gasteiger partial charge is 0.444 e. The second-order valence-corrected chi connectivity index (χ2v) is 9.64. The summed E-state index contributed by atoms with van der Waals surface area (Å²) in [6.07, 6.45) is -0.212. The van der Waals surface area contributed by atoms with Crippen LogP contribution in [-0.2, 0) is 15.9 Å². The summed E-state index contributed by atoms with van der Waals surface area (Å²) >= 11 is 0. The molecule has 1 aromatic rings. The lowest BCUT2D eigenvalue weighted by atomic mass is 9.95. The Morgan fingerprint density at radius 2 is 1.76 bits per heavy atom. The first kappa shape index (κ1) is 22.9. The Labute approximate surface area is 173 Å². The van der Waals surface area contributed by atoms with E-state index in [-0.39, 0.29) is 18.1 Å². The molecule has 2 amide bonds. The Morgan fingerprint density at radius 1 is 1.14 bits per heavy atom. The number of pyridine rings is 1. The molecule has 1 aliphatic rings. The highest BCUT2D eigenvalue weighted by molar-refractivity contribution is 5.83. The number of nitrogens with zero attached hydrogens (tertiary/aromatic N) is 2. The van der Waals surface area contributed by atoms with Crippen LogP contribution in [0.5, 0.6) is 0 Å². The molecule has 0 radical (unpaired) electrons. The number of ether oxygens (including phenoxy) is 2. The van der Waals surface area contributed by atoms with Crippen molar-refractivity contribution in [3.05, 3.63) is 23.4 Å². The van der Waals surface area contributed by atoms with Crippen LogP contribution in [0.25, 0.3) is 0 Å². The molecule has 1 saturated heterocycles. The van der Waals surface area contributed by atoms with E-state index in [9.17, 15) is 9.59 Å². The predicted molar refractivity (Wildman–Crippen MR) is 112 cm³/mol. The molecule has 3 N–H and O–H groups in total. The fraction of sp³-hybridized carbons (Fsp3) is 0.667. The summed E-state index contributed by atoms with van der Waals surface area (Å²) in [7, 11) is 0. The molecule has 1 aromatic heterocycles. The van der Waals surface area contributed by atoms with Gasteiger partial charge in [0.15, 0.2) is 0 Å². The van der Waals surface area contributed by atoms with Crippen molar-refractivity contribution in [2.24, 2.45) is 11.7 Å². The number of likely N-dealkylation sites (tertiary alicyclic amines) is 1. The van der Waals surface area contributed by atoms with Gasteiger partial charge in [0.2, 0.25) is 0 Å². The van der Waals surface area contributed by atoms with Crippen LogP contribution in [-0.4, -0.2) is 52.4 Å². The third-order valence-corrected chi connectivity index (χ3v) is 4.28. The van der Waals surface area contributed by atoms with E-state index in [1.54, 1.807) is 25.7 Å². The molecule has 2 heterocycles. The van der Waals surface area contributed by atoms with Gasteiger partial charge in [-0.25, -0.2) is 14.6 Å². The molecule has 2 rings (SSSR count). The summed E-state index contributed by atoms with van der Waals surface area (Å²) in [4.78, 5) is 30.4. The lowest BCUT2D eigenvalue weighted by Gasteiger charge is -2.24. The van der Waals surface area contributed by atoms with Gasteiger partial charge in [0.1, 0.15) is 17.0 Å². The summed E-state index contributed by atoms with van der Waals surface area (Å²) in [6.45, 7) is 13.8. The first-order valence-electron chi connectivity index (χ1n) is 9.93. The molecule has 0 spiro atoms. The van der Waals surface area contributed by atoms with Crippen LogP contribution in [0, 0.1) is 12.8 Å². The number of anilines is 1. The molecule has 29 heavy (non-hydrogen) atoms. The number of hydrogen-bond donors (Lipinski definition) is 2. The van der Waals surface area contributed by atoms with Gasteiger partial charge in [-0.15, -0.1) is 0 Å². The van der Waals surface area contributed by atoms with Crippen LogP contribution in [0.3, 0.4) is 0 Å². The van der Waals surface area contributed by atoms with E-state index in [2.05, 4.69) is 10.3 Å². The zero-order valence-corrected chi connectivity index (χ0v) is 18.5. The first-order valence-corrected chi connectivity index (χ1v) is 9.93. The number of carbonyl (C=O) groups is 2. The van der Waals surface area contributed by atoms with E-state index in [1.807, 2.05) is 39.8 Å². The van der Waals surface area contributed by atoms with Crippen LogP contribution in [0.15, 0.2) is 12.1 Å². The topological polar surface area (TPSA) is 107 Å². The van der Waals surface area contributed by atoms with E-state index in [4.69, 9.17) is 15.2 Å². The van der Waals surface area contributed by atoms with Crippen LogP contribution in [0.4, 0.5) is 15.4 Å². The van der Waals surface area contributed by atoms with Crippen molar-refractivity contribution in [2.45, 2.75) is 72.1 Å². The fourth-order valence-corrected chi connectivity index (χ4v) is 3.22. The normalized spacial score (nSPS) is 19.8. The minimum atomic E-state index is -0.585. The summed E-state index contributed by atoms with van der Waals surface area (Å²) in [5, 5.41) is 2.68. The predicted octanol–water partition coefficient (Wildman–Crippen LogP) is 3.47. The van der Waals surface area contributed by atoms with Crippen LogP contribution < -0.4 is 11.1 Å². The van der Waals surface area contributed by atoms with Crippen molar-refractivity contribution >= 4 is 18.0 Å². The Bertz CT molecular complexity index is 752. The summed E-state index contributed by atoms with van der Waals surface area (Å²) in [6, 6.07) is 3.64. The van der Waals surface area contributed by atoms with Gasteiger partial charge in [0.05, 0.1) is 0 Å². The molecule has 0 saturated carbocycles. The molecule has 0 bridgehead atoms. The number of amides is 2. The van der Waals surface area contributed by atoms with Crippen molar-refractivity contribution < 1.29 is 19.1 Å². The number of aryl methyl sites for hydroxylation is 1. The van der Waals surface area contributed by atoms with Gasteiger partial charge in [-0.05, 0) is 78.5 Å². The molecule has 0 aromatic carbocycles. The van der Waals surface area contributed by atoms with E-state index in [0.29, 0.717) is 25.3 Å². The summed E-state index contributed by atoms with van der Waals surface area (Å²) in [5.41, 5.74) is 6.94. The number of carbonyl (C=O) groups excluding carboxylic acids is 2. The highest BCUT2D eigenvalue weighted by atomic mass is 16.6. The van der Waals surface area contributed by atoms with Crippen molar-refractivity contribution in [1.82, 2.24) is 9.88 Å². The standard InChI is InChI=1S/C21H34N4O4/c1-13-8-14(10-17(23-13)24-18(26)28-20(2,3)4)9-15-11-25(12-16(15)22)19(27)29-21(5,6)7/h8,10,15-16H,9,11-12,22H2,1-7H3,(H,23,24,26)/t15-,16+/m0/s1. The molecule has 1 aliphatic heterocycles. The number of hydrogen-bond acceptors (Lipinski definition) is 6. The maximum Gasteiger partial charge on any atom is 0.413 e. The quantitative estimate of drug-likeness (QED) is 0.796. The van der Waals surface area contributed by atoms with E-state index in [0.717, 1.165) is 11.3 Å². The van der Waals surface area contributed by atoms with Crippen molar-refractivity contribution in [2.75, 3.05) is 18.4 Å². The Kier molecular flexibility index (Phi) is 6.78. The molecule has 0 unspecified atom stereocenters. The molecule has 0 aliphatic carbocycles. The van der Waals surface area contributed by atoms with Gasteiger partial charge >= 0.3 is 12.2 Å². The average molecular weight is 407 g/mol. The van der Waals surface area contributed by atoms with Gasteiger partial charge in [0.25, 0.3) is 0 Å². The average Bonchev–Trinajstić information content (AvgIpc) is 2.84. The third-order valence-electron chi connectivity index (χ3n) is 4.28. The lowest BCUT2D eigenvalue weighted by Crippen LogP contribution is -2.36. The van der Waals surface area contributed by atoms with Gasteiger partial charge < -0.3 is 20.1 Å². The Morgan fingerprint density at radius 3 is 2.34 bits per heavy atom. The molecular weight excluding hydrogens is 372 g/mol. The van der Waals surface area contributed by atoms with Gasteiger partial charge in [-0.3, -0.25) is 5.32 Å². The Balaban J connectivity index is 2.03. The number of rotatable bonds is 3. The highest BCUT2D eigenvalue weighted by Gasteiger charge is 2.35. The molecule has 2 atom stereocenters. The van der Waals surface area contributed by atoms with Crippen LogP contribution in [0.2, 0.25) is 0 Å². The van der Waals surface area contributed by atoms with E-state index in [1.165, 1.54) is 0 Å². The number of nitrogens with one attached hydrogen (secondary N) is 1. The summed E-state index contributed by atoms with van der Waals surface area (Å²) in [5.74, 6) is 0.531. The SMILES string of the molecule is Cc1cc(C[C@H]2CN(C(=O)OC(C)(C)C)C[C@H]2N)cc(NC(=O)OC(C)(C)C)n1. The minimum Gasteiger partial charge on any atom is -0.444 e. The second-order valence-electron chi connectivity index (χ2n) is 9.64. The van der Waals surface area contributed by atoms with Gasteiger partial charge in [-0.1, -0.05) is 0 Å². The number of nitrogens with two attached hydrogens (primary N) is 1. The zero-order valence-electron chi connectivity index (χ0n) is 18.5. The molecule has 162 valence electrons. The third kappa shape index (κ3) is 7.53. The minimum absolute atomic E-state index is 0.0960. The smallest absolute Gasteiger partial charge is 0.413 e. The molecular formula is C21H34N4O4. The van der Waals surface area contributed by atoms with Gasteiger partial charge in [0, 0.05) is 24.8 Å². The molecule has 8 nitrogen and oxygen atoms in total. The Hall–Kier alpha value is -2.35.